The van der Waals surface area contributed by atoms with Crippen molar-refractivity contribution in [3.05, 3.63) is 0 Å². The Kier molecular flexibility index (Phi) is 5.29. The van der Waals surface area contributed by atoms with E-state index >= 15 is 0 Å². The van der Waals surface area contributed by atoms with E-state index in [-0.39, 0.29) is 0 Å². The van der Waals surface area contributed by atoms with Crippen LogP contribution >= 0.6 is 0 Å². The molecule has 6 N–H and O–H groups in total. The van der Waals surface area contributed by atoms with Crippen LogP contribution in [-0.2, 0) is 9.59 Å². The average Bonchev–Trinajstić information content (AvgIpc) is 2.34. The molecule has 0 unspecified atom stereocenters. The Morgan fingerprint density at radius 3 is 2.25 bits per heavy atom. The van der Waals surface area contributed by atoms with Crippen LogP contribution in [-0.4, -0.2) is 68.4 Å². The summed E-state index contributed by atoms with van der Waals surface area (Å²) in [5.41, 5.74) is 0. The number of aliphatic hydroxyl groups excluding tert-OH is 5. The first-order valence-corrected chi connectivity index (χ1v) is 4.31. The SMILES string of the molecule is [2H]CC(=O)NC(=O)[C@H](O)[C@@H](O)[C@@H](O)[C@H](O)CO. The summed E-state index contributed by atoms with van der Waals surface area (Å²) >= 11 is 0. The lowest BCUT2D eigenvalue weighted by atomic mass is 10.0. The van der Waals surface area contributed by atoms with Gasteiger partial charge in [-0.05, 0) is 0 Å². The number of nitrogens with one attached hydrogen (secondary N) is 1. The van der Waals surface area contributed by atoms with Gasteiger partial charge in [-0.25, -0.2) is 0 Å². The molecule has 0 spiro atoms. The quantitative estimate of drug-likeness (QED) is 0.286. The number of hydrogen-bond donors (Lipinski definition) is 6. The van der Waals surface area contributed by atoms with Gasteiger partial charge in [-0.15, -0.1) is 0 Å². The number of imide groups is 1. The van der Waals surface area contributed by atoms with Gasteiger partial charge in [-0.1, -0.05) is 0 Å². The van der Waals surface area contributed by atoms with Crippen molar-refractivity contribution < 1.29 is 36.5 Å². The molecule has 0 aliphatic rings. The second-order valence-corrected chi connectivity index (χ2v) is 3.09. The standard InChI is InChI=1S/C8H15NO7/c1-3(11)9-8(16)7(15)6(14)5(13)4(12)2-10/h4-7,10,12-15H,2H2,1H3,(H,9,11,16)/t4-,5+,6+,7-/m1/s1/i1D. The molecule has 8 nitrogen and oxygen atoms in total. The molecule has 16 heavy (non-hydrogen) atoms. The summed E-state index contributed by atoms with van der Waals surface area (Å²) < 4.78 is 6.60. The molecule has 0 aromatic rings. The minimum Gasteiger partial charge on any atom is -0.394 e. The maximum Gasteiger partial charge on any atom is 0.258 e. The third-order valence-electron chi connectivity index (χ3n) is 1.79. The summed E-state index contributed by atoms with van der Waals surface area (Å²) in [5.74, 6) is -2.29. The van der Waals surface area contributed by atoms with E-state index in [1.54, 1.807) is 5.32 Å². The van der Waals surface area contributed by atoms with Crippen molar-refractivity contribution in [3.63, 3.8) is 0 Å². The molecule has 0 aromatic carbocycles. The van der Waals surface area contributed by atoms with E-state index < -0.39 is 49.7 Å². The molecule has 0 saturated carbocycles. The zero-order chi connectivity index (χ0) is 13.6. The number of carbonyl (C=O) groups excluding carboxylic acids is 2. The number of carbonyl (C=O) groups is 2. The summed E-state index contributed by atoms with van der Waals surface area (Å²) in [6, 6.07) is 0. The van der Waals surface area contributed by atoms with Crippen molar-refractivity contribution in [2.45, 2.75) is 31.3 Å². The first-order valence-electron chi connectivity index (χ1n) is 5.01. The van der Waals surface area contributed by atoms with Crippen LogP contribution in [0.25, 0.3) is 0 Å². The van der Waals surface area contributed by atoms with Gasteiger partial charge in [0.15, 0.2) is 6.10 Å². The van der Waals surface area contributed by atoms with Gasteiger partial charge < -0.3 is 25.5 Å². The summed E-state index contributed by atoms with van der Waals surface area (Å²) in [7, 11) is 0. The van der Waals surface area contributed by atoms with Crippen LogP contribution < -0.4 is 5.32 Å². The summed E-state index contributed by atoms with van der Waals surface area (Å²) in [6.07, 6.45) is -7.93. The van der Waals surface area contributed by atoms with E-state index in [2.05, 4.69) is 0 Å². The molecule has 0 rings (SSSR count). The number of amides is 2. The van der Waals surface area contributed by atoms with Crippen LogP contribution in [0.4, 0.5) is 0 Å². The van der Waals surface area contributed by atoms with Crippen molar-refractivity contribution in [1.82, 2.24) is 5.32 Å². The fourth-order valence-electron chi connectivity index (χ4n) is 0.889. The Hall–Kier alpha value is -1.06. The van der Waals surface area contributed by atoms with Gasteiger partial charge >= 0.3 is 0 Å². The fraction of sp³-hybridized carbons (Fsp3) is 0.750. The summed E-state index contributed by atoms with van der Waals surface area (Å²) in [4.78, 5) is 21.7. The van der Waals surface area contributed by atoms with Crippen LogP contribution in [0.1, 0.15) is 8.27 Å². The molecular weight excluding hydrogens is 222 g/mol. The number of aliphatic hydroxyl groups is 5. The van der Waals surface area contributed by atoms with Crippen molar-refractivity contribution in [3.8, 4) is 0 Å². The van der Waals surface area contributed by atoms with Crippen molar-refractivity contribution in [2.75, 3.05) is 6.61 Å². The van der Waals surface area contributed by atoms with E-state index in [9.17, 15) is 24.9 Å². The number of hydrogen-bond acceptors (Lipinski definition) is 7. The highest BCUT2D eigenvalue weighted by Gasteiger charge is 2.34. The lowest BCUT2D eigenvalue weighted by Crippen LogP contribution is -2.52. The minimum atomic E-state index is -2.17. The Bertz CT molecular complexity index is 275. The van der Waals surface area contributed by atoms with Gasteiger partial charge in [0.1, 0.15) is 18.3 Å². The first-order chi connectivity index (χ1) is 7.84. The molecule has 94 valence electrons. The molecule has 0 aromatic heterocycles. The largest absolute Gasteiger partial charge is 0.394 e. The first kappa shape index (κ1) is 13.0. The van der Waals surface area contributed by atoms with Crippen molar-refractivity contribution >= 4 is 11.8 Å². The third-order valence-corrected chi connectivity index (χ3v) is 1.79. The average molecular weight is 238 g/mol. The monoisotopic (exact) mass is 238 g/mol. The van der Waals surface area contributed by atoms with Crippen molar-refractivity contribution in [1.29, 1.82) is 0 Å². The van der Waals surface area contributed by atoms with E-state index in [1.807, 2.05) is 0 Å². The van der Waals surface area contributed by atoms with Gasteiger partial charge in [0.05, 0.1) is 6.61 Å². The van der Waals surface area contributed by atoms with E-state index in [0.29, 0.717) is 0 Å². The number of rotatable bonds is 5. The van der Waals surface area contributed by atoms with Crippen molar-refractivity contribution in [2.24, 2.45) is 0 Å². The molecule has 0 saturated heterocycles. The predicted molar refractivity (Wildman–Crippen MR) is 49.9 cm³/mol. The van der Waals surface area contributed by atoms with Gasteiger partial charge in [0, 0.05) is 8.27 Å². The van der Waals surface area contributed by atoms with Crippen LogP contribution in [0.3, 0.4) is 0 Å². The molecular formula is C8H15NO7. The molecule has 8 heteroatoms. The van der Waals surface area contributed by atoms with Gasteiger partial charge in [0.2, 0.25) is 5.91 Å². The fourth-order valence-corrected chi connectivity index (χ4v) is 0.889. The maximum absolute atomic E-state index is 11.1. The normalized spacial score (nSPS) is 19.2. The molecule has 0 fully saturated rings. The molecule has 0 heterocycles. The second kappa shape index (κ2) is 6.51. The van der Waals surface area contributed by atoms with Crippen LogP contribution in [0, 0.1) is 0 Å². The molecule has 2 amide bonds. The third kappa shape index (κ3) is 4.21. The second-order valence-electron chi connectivity index (χ2n) is 3.09. The van der Waals surface area contributed by atoms with Crippen LogP contribution in [0.2, 0.25) is 0 Å². The minimum absolute atomic E-state index is 0.740. The Labute approximate surface area is 92.5 Å². The van der Waals surface area contributed by atoms with Gasteiger partial charge in [0.25, 0.3) is 5.91 Å². The molecule has 0 aliphatic carbocycles. The van der Waals surface area contributed by atoms with Gasteiger partial charge in [-0.2, -0.15) is 0 Å². The molecule has 0 bridgehead atoms. The molecule has 4 atom stereocenters. The maximum atomic E-state index is 11.1. The Balaban J connectivity index is 4.43. The predicted octanol–water partition coefficient (Wildman–Crippen LogP) is -3.91. The molecule has 0 radical (unpaired) electrons. The topological polar surface area (TPSA) is 147 Å². The zero-order valence-corrected chi connectivity index (χ0v) is 8.28. The highest BCUT2D eigenvalue weighted by atomic mass is 16.4. The van der Waals surface area contributed by atoms with E-state index in [4.69, 9.17) is 11.6 Å². The lowest BCUT2D eigenvalue weighted by molar-refractivity contribution is -0.150. The highest BCUT2D eigenvalue weighted by molar-refractivity contribution is 5.96. The summed E-state index contributed by atoms with van der Waals surface area (Å²) in [6.45, 7) is -1.62. The van der Waals surface area contributed by atoms with Crippen LogP contribution in [0.15, 0.2) is 0 Å². The van der Waals surface area contributed by atoms with Crippen LogP contribution in [0.5, 0.6) is 0 Å². The molecule has 0 aliphatic heterocycles. The zero-order valence-electron chi connectivity index (χ0n) is 9.28. The highest BCUT2D eigenvalue weighted by Crippen LogP contribution is 2.05. The van der Waals surface area contributed by atoms with Gasteiger partial charge in [-0.3, -0.25) is 14.9 Å². The van der Waals surface area contributed by atoms with E-state index in [1.165, 1.54) is 0 Å². The Morgan fingerprint density at radius 1 is 1.25 bits per heavy atom. The smallest absolute Gasteiger partial charge is 0.258 e. The lowest BCUT2D eigenvalue weighted by Gasteiger charge is -2.24. The Morgan fingerprint density at radius 2 is 1.81 bits per heavy atom. The van der Waals surface area contributed by atoms with E-state index in [0.717, 1.165) is 0 Å². The summed E-state index contributed by atoms with van der Waals surface area (Å²) in [5, 5.41) is 46.7.